The molecular weight excluding hydrogens is 470 g/mol. The number of carbonyl (C=O) groups excluding carboxylic acids is 1. The highest BCUT2D eigenvalue weighted by molar-refractivity contribution is 9.11. The number of benzene rings is 2. The molecule has 2 N–H and O–H groups in total. The minimum atomic E-state index is -1.02. The van der Waals surface area contributed by atoms with E-state index in [9.17, 15) is 9.59 Å². The van der Waals surface area contributed by atoms with Crippen molar-refractivity contribution < 1.29 is 14.7 Å². The molecule has 0 aromatic heterocycles. The lowest BCUT2D eigenvalue weighted by Gasteiger charge is -2.09. The van der Waals surface area contributed by atoms with Gasteiger partial charge in [-0.25, -0.2) is 4.79 Å². The van der Waals surface area contributed by atoms with Crippen molar-refractivity contribution in [3.05, 3.63) is 60.9 Å². The Balaban J connectivity index is 2.25. The Kier molecular flexibility index (Phi) is 5.18. The maximum absolute atomic E-state index is 12.2. The molecule has 0 heterocycles. The van der Waals surface area contributed by atoms with E-state index in [2.05, 4.69) is 53.1 Å². The molecule has 108 valence electrons. The number of rotatable bonds is 3. The third-order valence-electron chi connectivity index (χ3n) is 2.59. The van der Waals surface area contributed by atoms with Crippen LogP contribution in [0.4, 0.5) is 5.69 Å². The number of nitrogens with one attached hydrogen (secondary N) is 1. The second-order valence-electron chi connectivity index (χ2n) is 4.11. The van der Waals surface area contributed by atoms with Crippen molar-refractivity contribution in [2.45, 2.75) is 0 Å². The van der Waals surface area contributed by atoms with Gasteiger partial charge in [0.2, 0.25) is 0 Å². The Bertz CT molecular complexity index is 711. The van der Waals surface area contributed by atoms with Gasteiger partial charge in [-0.15, -0.1) is 0 Å². The molecule has 2 aromatic carbocycles. The summed E-state index contributed by atoms with van der Waals surface area (Å²) >= 11 is 9.89. The van der Waals surface area contributed by atoms with Gasteiger partial charge >= 0.3 is 5.97 Å². The van der Waals surface area contributed by atoms with Crippen molar-refractivity contribution in [2.75, 3.05) is 5.32 Å². The number of anilines is 1. The van der Waals surface area contributed by atoms with Crippen LogP contribution in [-0.2, 0) is 0 Å². The Morgan fingerprint density at radius 3 is 2.05 bits per heavy atom. The predicted octanol–water partition coefficient (Wildman–Crippen LogP) is 4.92. The highest BCUT2D eigenvalue weighted by Gasteiger charge is 2.12. The highest BCUT2D eigenvalue weighted by atomic mass is 79.9. The standard InChI is InChI=1S/C14H8Br3NO3/c15-9-3-8(4-10(16)6-9)13(19)18-12-2-1-7(14(20)21)5-11(12)17/h1-6H,(H,18,19)(H,20,21). The molecule has 1 amide bonds. The summed E-state index contributed by atoms with van der Waals surface area (Å²) in [4.78, 5) is 23.1. The maximum atomic E-state index is 12.2. The summed E-state index contributed by atoms with van der Waals surface area (Å²) in [6.07, 6.45) is 0. The molecule has 0 unspecified atom stereocenters. The first-order chi connectivity index (χ1) is 9.86. The van der Waals surface area contributed by atoms with Crippen LogP contribution in [0.1, 0.15) is 20.7 Å². The minimum absolute atomic E-state index is 0.144. The van der Waals surface area contributed by atoms with Crippen molar-refractivity contribution in [2.24, 2.45) is 0 Å². The number of hydrogen-bond acceptors (Lipinski definition) is 2. The Morgan fingerprint density at radius 1 is 0.905 bits per heavy atom. The second kappa shape index (κ2) is 6.72. The zero-order valence-electron chi connectivity index (χ0n) is 10.4. The Labute approximate surface area is 145 Å². The van der Waals surface area contributed by atoms with Crippen LogP contribution in [0.15, 0.2) is 49.8 Å². The zero-order valence-corrected chi connectivity index (χ0v) is 15.1. The fourth-order valence-electron chi connectivity index (χ4n) is 1.63. The molecule has 0 aliphatic heterocycles. The van der Waals surface area contributed by atoms with E-state index in [0.717, 1.165) is 8.95 Å². The summed E-state index contributed by atoms with van der Waals surface area (Å²) in [6.45, 7) is 0. The third kappa shape index (κ3) is 4.15. The molecular formula is C14H8Br3NO3. The van der Waals surface area contributed by atoms with Crippen LogP contribution in [0.2, 0.25) is 0 Å². The van der Waals surface area contributed by atoms with E-state index < -0.39 is 5.97 Å². The smallest absolute Gasteiger partial charge is 0.335 e. The zero-order chi connectivity index (χ0) is 15.6. The molecule has 4 nitrogen and oxygen atoms in total. The van der Waals surface area contributed by atoms with E-state index in [1.54, 1.807) is 18.2 Å². The van der Waals surface area contributed by atoms with Gasteiger partial charge in [0.15, 0.2) is 0 Å². The van der Waals surface area contributed by atoms with Crippen molar-refractivity contribution in [3.63, 3.8) is 0 Å². The highest BCUT2D eigenvalue weighted by Crippen LogP contribution is 2.25. The SMILES string of the molecule is O=C(O)c1ccc(NC(=O)c2cc(Br)cc(Br)c2)c(Br)c1. The molecule has 0 atom stereocenters. The fourth-order valence-corrected chi connectivity index (χ4v) is 3.40. The summed E-state index contributed by atoms with van der Waals surface area (Å²) in [5, 5.41) is 11.6. The second-order valence-corrected chi connectivity index (χ2v) is 6.80. The van der Waals surface area contributed by atoms with Gasteiger partial charge in [0.1, 0.15) is 0 Å². The molecule has 2 aromatic rings. The number of amides is 1. The normalized spacial score (nSPS) is 10.2. The number of hydrogen-bond donors (Lipinski definition) is 2. The van der Waals surface area contributed by atoms with E-state index in [4.69, 9.17) is 5.11 Å². The fraction of sp³-hybridized carbons (Fsp3) is 0. The average molecular weight is 478 g/mol. The Morgan fingerprint density at radius 2 is 1.52 bits per heavy atom. The van der Waals surface area contributed by atoms with Gasteiger partial charge in [-0.2, -0.15) is 0 Å². The van der Waals surface area contributed by atoms with Crippen LogP contribution in [0.25, 0.3) is 0 Å². The molecule has 0 fully saturated rings. The molecule has 2 rings (SSSR count). The summed E-state index contributed by atoms with van der Waals surface area (Å²) in [7, 11) is 0. The first-order valence-corrected chi connectivity index (χ1v) is 8.05. The molecule has 7 heteroatoms. The molecule has 0 aliphatic carbocycles. The van der Waals surface area contributed by atoms with Gasteiger partial charge in [-0.1, -0.05) is 31.9 Å². The van der Waals surface area contributed by atoms with Crippen molar-refractivity contribution in [1.29, 1.82) is 0 Å². The molecule has 21 heavy (non-hydrogen) atoms. The molecule has 0 radical (unpaired) electrons. The van der Waals surface area contributed by atoms with Gasteiger partial charge in [0, 0.05) is 19.0 Å². The average Bonchev–Trinajstić information content (AvgIpc) is 2.39. The molecule has 0 aliphatic rings. The third-order valence-corrected chi connectivity index (χ3v) is 4.16. The molecule has 0 saturated carbocycles. The first-order valence-electron chi connectivity index (χ1n) is 5.67. The van der Waals surface area contributed by atoms with Crippen LogP contribution in [0, 0.1) is 0 Å². The summed E-state index contributed by atoms with van der Waals surface area (Å²) in [6, 6.07) is 9.63. The van der Waals surface area contributed by atoms with Crippen LogP contribution >= 0.6 is 47.8 Å². The number of carbonyl (C=O) groups is 2. The van der Waals surface area contributed by atoms with Gasteiger partial charge in [-0.05, 0) is 52.3 Å². The van der Waals surface area contributed by atoms with E-state index in [-0.39, 0.29) is 11.5 Å². The summed E-state index contributed by atoms with van der Waals surface area (Å²) < 4.78 is 2.06. The van der Waals surface area contributed by atoms with Gasteiger partial charge in [0.25, 0.3) is 5.91 Å². The quantitative estimate of drug-likeness (QED) is 0.659. The van der Waals surface area contributed by atoms with Crippen molar-refractivity contribution in [3.8, 4) is 0 Å². The van der Waals surface area contributed by atoms with Gasteiger partial charge < -0.3 is 10.4 Å². The lowest BCUT2D eigenvalue weighted by atomic mass is 10.2. The maximum Gasteiger partial charge on any atom is 0.335 e. The molecule has 0 spiro atoms. The first kappa shape index (κ1) is 16.2. The largest absolute Gasteiger partial charge is 0.478 e. The van der Waals surface area contributed by atoms with Crippen LogP contribution < -0.4 is 5.32 Å². The van der Waals surface area contributed by atoms with Gasteiger partial charge in [0.05, 0.1) is 11.3 Å². The number of carboxylic acids is 1. The van der Waals surface area contributed by atoms with Crippen LogP contribution in [-0.4, -0.2) is 17.0 Å². The molecule has 0 saturated heterocycles. The monoisotopic (exact) mass is 475 g/mol. The van der Waals surface area contributed by atoms with E-state index in [1.165, 1.54) is 12.1 Å². The minimum Gasteiger partial charge on any atom is -0.478 e. The molecule has 0 bridgehead atoms. The van der Waals surface area contributed by atoms with Crippen molar-refractivity contribution in [1.82, 2.24) is 0 Å². The van der Waals surface area contributed by atoms with E-state index >= 15 is 0 Å². The number of aromatic carboxylic acids is 1. The Hall–Kier alpha value is -1.18. The summed E-state index contributed by atoms with van der Waals surface area (Å²) in [5.41, 5.74) is 1.12. The number of halogens is 3. The lowest BCUT2D eigenvalue weighted by molar-refractivity contribution is 0.0696. The topological polar surface area (TPSA) is 66.4 Å². The lowest BCUT2D eigenvalue weighted by Crippen LogP contribution is -2.12. The van der Waals surface area contributed by atoms with Gasteiger partial charge in [-0.3, -0.25) is 4.79 Å². The van der Waals surface area contributed by atoms with E-state index in [1.807, 2.05) is 6.07 Å². The van der Waals surface area contributed by atoms with E-state index in [0.29, 0.717) is 15.7 Å². The van der Waals surface area contributed by atoms with Crippen molar-refractivity contribution >= 4 is 65.4 Å². The number of carboxylic acid groups (broad SMARTS) is 1. The predicted molar refractivity (Wildman–Crippen MR) is 90.9 cm³/mol. The van der Waals surface area contributed by atoms with Crippen LogP contribution in [0.3, 0.4) is 0 Å². The van der Waals surface area contributed by atoms with Crippen LogP contribution in [0.5, 0.6) is 0 Å². The summed E-state index contributed by atoms with van der Waals surface area (Å²) in [5.74, 6) is -1.31.